The predicted octanol–water partition coefficient (Wildman–Crippen LogP) is 5.93. The lowest BCUT2D eigenvalue weighted by Gasteiger charge is -2.27. The third kappa shape index (κ3) is 6.12. The largest absolute Gasteiger partial charge is 0.461 e. The molecule has 0 saturated heterocycles. The van der Waals surface area contributed by atoms with E-state index in [1.807, 2.05) is 0 Å². The third-order valence-corrected chi connectivity index (χ3v) is 7.12. The number of hydrogen-bond acceptors (Lipinski definition) is 5. The van der Waals surface area contributed by atoms with Crippen LogP contribution in [0.2, 0.25) is 0 Å². The van der Waals surface area contributed by atoms with Crippen molar-refractivity contribution in [2.24, 2.45) is 10.7 Å². The zero-order valence-electron chi connectivity index (χ0n) is 23.5. The molecule has 0 aliphatic carbocycles. The molecule has 4 aromatic rings. The van der Waals surface area contributed by atoms with Gasteiger partial charge >= 0.3 is 6.18 Å². The molecule has 1 heterocycles. The van der Waals surface area contributed by atoms with Crippen LogP contribution in [0.1, 0.15) is 45.1 Å². The Bertz CT molecular complexity index is 1650. The van der Waals surface area contributed by atoms with Crippen molar-refractivity contribution in [3.63, 3.8) is 0 Å². The SMILES string of the molecule is CC(F)Oc1cccc(CNC(=O)c2cc(CN3C(=O)C(c4ccccc4)(c4ccccc4)N=C3N)ccc2C(F)(F)F)c1. The predicted molar refractivity (Wildman–Crippen MR) is 156 cm³/mol. The lowest BCUT2D eigenvalue weighted by molar-refractivity contribution is -0.138. The summed E-state index contributed by atoms with van der Waals surface area (Å²) in [6.45, 7) is 0.840. The lowest BCUT2D eigenvalue weighted by atomic mass is 9.83. The van der Waals surface area contributed by atoms with Gasteiger partial charge in [-0.25, -0.2) is 9.38 Å². The van der Waals surface area contributed by atoms with Gasteiger partial charge in [0.2, 0.25) is 6.36 Å². The van der Waals surface area contributed by atoms with Crippen LogP contribution in [-0.4, -0.2) is 29.0 Å². The number of amides is 2. The summed E-state index contributed by atoms with van der Waals surface area (Å²) in [6, 6.07) is 27.0. The van der Waals surface area contributed by atoms with E-state index in [4.69, 9.17) is 10.5 Å². The maximum atomic E-state index is 14.1. The highest BCUT2D eigenvalue weighted by Gasteiger charge is 2.50. The number of hydrogen-bond donors (Lipinski definition) is 2. The van der Waals surface area contributed by atoms with E-state index < -0.39 is 41.0 Å². The minimum absolute atomic E-state index is 0.113. The zero-order chi connectivity index (χ0) is 31.5. The summed E-state index contributed by atoms with van der Waals surface area (Å²) in [6.07, 6.45) is -6.39. The van der Waals surface area contributed by atoms with Gasteiger partial charge in [0.15, 0.2) is 11.5 Å². The van der Waals surface area contributed by atoms with Gasteiger partial charge < -0.3 is 15.8 Å². The molecular formula is C33H28F4N4O3. The van der Waals surface area contributed by atoms with E-state index >= 15 is 0 Å². The van der Waals surface area contributed by atoms with Gasteiger partial charge in [0, 0.05) is 13.5 Å². The lowest BCUT2D eigenvalue weighted by Crippen LogP contribution is -2.43. The molecule has 11 heteroatoms. The van der Waals surface area contributed by atoms with Crippen molar-refractivity contribution in [2.75, 3.05) is 0 Å². The van der Waals surface area contributed by atoms with Gasteiger partial charge in [-0.1, -0.05) is 78.9 Å². The highest BCUT2D eigenvalue weighted by atomic mass is 19.4. The van der Waals surface area contributed by atoms with Crippen LogP contribution < -0.4 is 15.8 Å². The van der Waals surface area contributed by atoms with Gasteiger partial charge in [-0.15, -0.1) is 0 Å². The van der Waals surface area contributed by atoms with E-state index in [0.29, 0.717) is 16.7 Å². The molecule has 7 nitrogen and oxygen atoms in total. The second kappa shape index (κ2) is 12.2. The van der Waals surface area contributed by atoms with Gasteiger partial charge in [0.05, 0.1) is 17.7 Å². The van der Waals surface area contributed by atoms with Crippen LogP contribution in [0.3, 0.4) is 0 Å². The van der Waals surface area contributed by atoms with E-state index in [0.717, 1.165) is 12.1 Å². The molecule has 44 heavy (non-hydrogen) atoms. The van der Waals surface area contributed by atoms with Crippen molar-refractivity contribution >= 4 is 17.8 Å². The minimum atomic E-state index is -4.82. The van der Waals surface area contributed by atoms with Crippen LogP contribution in [0.5, 0.6) is 5.75 Å². The summed E-state index contributed by atoms with van der Waals surface area (Å²) < 4.78 is 60.1. The Hall–Kier alpha value is -5.19. The average Bonchev–Trinajstić information content (AvgIpc) is 3.25. The fourth-order valence-corrected chi connectivity index (χ4v) is 5.13. The highest BCUT2D eigenvalue weighted by Crippen LogP contribution is 2.40. The summed E-state index contributed by atoms with van der Waals surface area (Å²) in [5.41, 5.74) is 4.90. The van der Waals surface area contributed by atoms with Crippen LogP contribution in [-0.2, 0) is 29.6 Å². The Balaban J connectivity index is 1.43. The van der Waals surface area contributed by atoms with E-state index in [1.54, 1.807) is 72.8 Å². The van der Waals surface area contributed by atoms with Crippen LogP contribution in [0.15, 0.2) is 108 Å². The molecule has 0 fully saturated rings. The molecule has 1 atom stereocenters. The molecule has 3 N–H and O–H groups in total. The monoisotopic (exact) mass is 604 g/mol. The molecule has 1 aliphatic rings. The minimum Gasteiger partial charge on any atom is -0.461 e. The number of carbonyl (C=O) groups excluding carboxylic acids is 2. The summed E-state index contributed by atoms with van der Waals surface area (Å²) in [4.78, 5) is 33.0. The maximum Gasteiger partial charge on any atom is 0.417 e. The first-order valence-corrected chi connectivity index (χ1v) is 13.7. The van der Waals surface area contributed by atoms with Gasteiger partial charge in [-0.05, 0) is 46.5 Å². The fraction of sp³-hybridized carbons (Fsp3) is 0.182. The standard InChI is InChI=1S/C33H28F4N4O3/c1-21(34)44-26-14-8-9-22(17-26)19-39-29(42)27-18-23(15-16-28(27)33(35,36)37)20-41-30(43)32(40-31(41)38,24-10-4-2-5-11-24)25-12-6-3-7-13-25/h2-18,21H,19-20H2,1H3,(H2,38,40)(H,39,42). The second-order valence-corrected chi connectivity index (χ2v) is 10.2. The number of alkyl halides is 4. The molecule has 1 unspecified atom stereocenters. The number of nitrogens with two attached hydrogens (primary N) is 1. The number of carbonyl (C=O) groups is 2. The molecule has 0 spiro atoms. The van der Waals surface area contributed by atoms with E-state index in [-0.39, 0.29) is 30.4 Å². The molecule has 0 aromatic heterocycles. The van der Waals surface area contributed by atoms with Crippen LogP contribution in [0, 0.1) is 0 Å². The first kappa shape index (κ1) is 30.3. The average molecular weight is 605 g/mol. The van der Waals surface area contributed by atoms with Gasteiger partial charge in [-0.3, -0.25) is 14.5 Å². The number of nitrogens with zero attached hydrogens (tertiary/aromatic N) is 2. The Morgan fingerprint density at radius 1 is 0.932 bits per heavy atom. The van der Waals surface area contributed by atoms with Crippen molar-refractivity contribution in [1.29, 1.82) is 0 Å². The Labute approximate surface area is 251 Å². The quantitative estimate of drug-likeness (QED) is 0.232. The smallest absolute Gasteiger partial charge is 0.417 e. The zero-order valence-corrected chi connectivity index (χ0v) is 23.5. The molecule has 0 saturated carbocycles. The topological polar surface area (TPSA) is 97.0 Å². The van der Waals surface area contributed by atoms with Crippen molar-refractivity contribution in [3.8, 4) is 5.75 Å². The first-order valence-electron chi connectivity index (χ1n) is 13.7. The maximum absolute atomic E-state index is 14.1. The Morgan fingerprint density at radius 2 is 1.57 bits per heavy atom. The first-order chi connectivity index (χ1) is 21.0. The number of benzene rings is 4. The number of halogens is 4. The Kier molecular flexibility index (Phi) is 8.39. The van der Waals surface area contributed by atoms with Crippen LogP contribution in [0.4, 0.5) is 17.6 Å². The van der Waals surface area contributed by atoms with Crippen molar-refractivity contribution in [1.82, 2.24) is 10.2 Å². The summed E-state index contributed by atoms with van der Waals surface area (Å²) in [5, 5.41) is 2.49. The van der Waals surface area contributed by atoms with Crippen LogP contribution in [0.25, 0.3) is 0 Å². The summed E-state index contributed by atoms with van der Waals surface area (Å²) in [5.74, 6) is -1.37. The van der Waals surface area contributed by atoms with Gasteiger partial charge in [-0.2, -0.15) is 13.2 Å². The second-order valence-electron chi connectivity index (χ2n) is 10.2. The summed E-state index contributed by atoms with van der Waals surface area (Å²) >= 11 is 0. The normalized spacial score (nSPS) is 15.1. The molecule has 5 rings (SSSR count). The molecule has 1 aliphatic heterocycles. The molecule has 226 valence electrons. The van der Waals surface area contributed by atoms with Crippen molar-refractivity contribution in [2.45, 2.75) is 38.1 Å². The molecule has 2 amide bonds. The fourth-order valence-electron chi connectivity index (χ4n) is 5.13. The van der Waals surface area contributed by atoms with Crippen molar-refractivity contribution in [3.05, 3.63) is 137 Å². The number of ether oxygens (including phenoxy) is 1. The number of aliphatic imine (C=N–C) groups is 1. The van der Waals surface area contributed by atoms with Crippen LogP contribution >= 0.6 is 0 Å². The van der Waals surface area contributed by atoms with Gasteiger partial charge in [0.25, 0.3) is 11.8 Å². The molecular weight excluding hydrogens is 576 g/mol. The number of nitrogens with one attached hydrogen (secondary N) is 1. The van der Waals surface area contributed by atoms with E-state index in [9.17, 15) is 27.2 Å². The van der Waals surface area contributed by atoms with E-state index in [1.165, 1.54) is 30.0 Å². The molecule has 4 aromatic carbocycles. The molecule has 0 bridgehead atoms. The number of guanidine groups is 1. The third-order valence-electron chi connectivity index (χ3n) is 7.12. The highest BCUT2D eigenvalue weighted by molar-refractivity contribution is 6.09. The molecule has 0 radical (unpaired) electrons. The van der Waals surface area contributed by atoms with Crippen molar-refractivity contribution < 1.29 is 31.9 Å². The van der Waals surface area contributed by atoms with E-state index in [2.05, 4.69) is 10.3 Å². The van der Waals surface area contributed by atoms with Gasteiger partial charge in [0.1, 0.15) is 5.75 Å². The number of rotatable bonds is 9. The summed E-state index contributed by atoms with van der Waals surface area (Å²) in [7, 11) is 0. The Morgan fingerprint density at radius 3 is 2.16 bits per heavy atom.